The van der Waals surface area contributed by atoms with Crippen LogP contribution >= 0.6 is 0 Å². The third-order valence-electron chi connectivity index (χ3n) is 5.50. The van der Waals surface area contributed by atoms with Gasteiger partial charge in [-0.05, 0) is 66.0 Å². The summed E-state index contributed by atoms with van der Waals surface area (Å²) in [4.78, 5) is 0. The monoisotopic (exact) mass is 367 g/mol. The minimum absolute atomic E-state index is 0.0173. The lowest BCUT2D eigenvalue weighted by molar-refractivity contribution is 0.133. The topological polar surface area (TPSA) is 41.5 Å². The second kappa shape index (κ2) is 8.45. The molecule has 2 aromatic carbocycles. The summed E-state index contributed by atoms with van der Waals surface area (Å²) in [5.74, 6) is 0.886. The van der Waals surface area contributed by atoms with Gasteiger partial charge in [-0.15, -0.1) is 0 Å². The van der Waals surface area contributed by atoms with Crippen LogP contribution in [0, 0.1) is 0 Å². The van der Waals surface area contributed by atoms with E-state index < -0.39 is 6.10 Å². The first kappa shape index (κ1) is 19.9. The smallest absolute Gasteiger partial charge is 0.119 e. The molecule has 0 aliphatic heterocycles. The van der Waals surface area contributed by atoms with Crippen molar-refractivity contribution in [3.05, 3.63) is 64.7 Å². The zero-order valence-corrected chi connectivity index (χ0v) is 17.1. The first-order valence-corrected chi connectivity index (χ1v) is 10.1. The van der Waals surface area contributed by atoms with E-state index in [0.717, 1.165) is 17.7 Å². The van der Waals surface area contributed by atoms with Crippen LogP contribution in [0.25, 0.3) is 0 Å². The van der Waals surface area contributed by atoms with Gasteiger partial charge in [0.25, 0.3) is 0 Å². The predicted octanol–water partition coefficient (Wildman–Crippen LogP) is 4.56. The van der Waals surface area contributed by atoms with Gasteiger partial charge in [0.1, 0.15) is 12.4 Å². The van der Waals surface area contributed by atoms with Gasteiger partial charge in [-0.2, -0.15) is 0 Å². The van der Waals surface area contributed by atoms with Crippen LogP contribution < -0.4 is 10.1 Å². The summed E-state index contributed by atoms with van der Waals surface area (Å²) in [5, 5.41) is 14.0. The Bertz CT molecular complexity index is 746. The van der Waals surface area contributed by atoms with Crippen LogP contribution in [0.4, 0.5) is 0 Å². The van der Waals surface area contributed by atoms with Crippen molar-refractivity contribution in [1.29, 1.82) is 0 Å². The summed E-state index contributed by atoms with van der Waals surface area (Å²) in [7, 11) is 0. The molecular formula is C24H33NO2. The average molecular weight is 368 g/mol. The first-order valence-electron chi connectivity index (χ1n) is 10.1. The molecule has 0 fully saturated rings. The molecule has 0 amide bonds. The Balaban J connectivity index is 1.44. The van der Waals surface area contributed by atoms with Crippen LogP contribution in [0.5, 0.6) is 5.75 Å². The quantitative estimate of drug-likeness (QED) is 0.705. The number of benzene rings is 2. The lowest BCUT2D eigenvalue weighted by Crippen LogP contribution is -2.35. The molecular weight excluding hydrogens is 334 g/mol. The summed E-state index contributed by atoms with van der Waals surface area (Å²) in [6, 6.07) is 14.7. The third-order valence-corrected chi connectivity index (χ3v) is 5.50. The molecule has 1 aliphatic carbocycles. The van der Waals surface area contributed by atoms with Crippen molar-refractivity contribution in [1.82, 2.24) is 5.32 Å². The fourth-order valence-electron chi connectivity index (χ4n) is 3.68. The standard InChI is InChI=1S/C24H33NO2/c1-17(23(26)20-9-8-18-6-5-7-19(18)16-20)25-14-15-27-22-12-10-21(11-13-22)24(2,3)4/h8-13,16-17,23,25-26H,5-7,14-15H2,1-4H3. The molecule has 0 saturated heterocycles. The van der Waals surface area contributed by atoms with E-state index in [4.69, 9.17) is 4.74 Å². The van der Waals surface area contributed by atoms with Gasteiger partial charge in [-0.1, -0.05) is 51.1 Å². The molecule has 2 N–H and O–H groups in total. The normalized spacial score (nSPS) is 16.0. The maximum absolute atomic E-state index is 10.6. The molecule has 3 rings (SSSR count). The number of rotatable bonds is 7. The van der Waals surface area contributed by atoms with E-state index in [1.807, 2.05) is 19.1 Å². The van der Waals surface area contributed by atoms with Crippen LogP contribution in [0.1, 0.15) is 62.5 Å². The number of ether oxygens (including phenoxy) is 1. The van der Waals surface area contributed by atoms with Gasteiger partial charge in [0, 0.05) is 12.6 Å². The van der Waals surface area contributed by atoms with Crippen molar-refractivity contribution in [2.24, 2.45) is 0 Å². The molecule has 0 radical (unpaired) electrons. The van der Waals surface area contributed by atoms with Gasteiger partial charge in [0.05, 0.1) is 6.10 Å². The molecule has 3 nitrogen and oxygen atoms in total. The molecule has 146 valence electrons. The lowest BCUT2D eigenvalue weighted by Gasteiger charge is -2.22. The Morgan fingerprint density at radius 2 is 1.74 bits per heavy atom. The Morgan fingerprint density at radius 1 is 1.04 bits per heavy atom. The number of aliphatic hydroxyl groups is 1. The largest absolute Gasteiger partial charge is 0.492 e. The summed E-state index contributed by atoms with van der Waals surface area (Å²) in [5.41, 5.74) is 5.31. The van der Waals surface area contributed by atoms with Gasteiger partial charge in [-0.25, -0.2) is 0 Å². The predicted molar refractivity (Wildman–Crippen MR) is 112 cm³/mol. The summed E-state index contributed by atoms with van der Waals surface area (Å²) >= 11 is 0. The van der Waals surface area contributed by atoms with Crippen LogP contribution in [-0.2, 0) is 18.3 Å². The van der Waals surface area contributed by atoms with Crippen LogP contribution in [-0.4, -0.2) is 24.3 Å². The van der Waals surface area contributed by atoms with E-state index in [9.17, 15) is 5.11 Å². The molecule has 0 heterocycles. The van der Waals surface area contributed by atoms with Crippen molar-refractivity contribution in [2.45, 2.75) is 64.5 Å². The van der Waals surface area contributed by atoms with E-state index in [1.54, 1.807) is 0 Å². The van der Waals surface area contributed by atoms with Crippen molar-refractivity contribution in [3.63, 3.8) is 0 Å². The minimum atomic E-state index is -0.498. The number of fused-ring (bicyclic) bond motifs is 1. The molecule has 0 saturated carbocycles. The SMILES string of the molecule is CC(NCCOc1ccc(C(C)(C)C)cc1)C(O)c1ccc2c(c1)CCC2. The molecule has 0 spiro atoms. The number of hydrogen-bond acceptors (Lipinski definition) is 3. The maximum atomic E-state index is 10.6. The average Bonchev–Trinajstić information content (AvgIpc) is 3.12. The van der Waals surface area contributed by atoms with Crippen molar-refractivity contribution in [2.75, 3.05) is 13.2 Å². The highest BCUT2D eigenvalue weighted by Gasteiger charge is 2.19. The van der Waals surface area contributed by atoms with Gasteiger partial charge in [-0.3, -0.25) is 0 Å². The Kier molecular flexibility index (Phi) is 6.23. The summed E-state index contributed by atoms with van der Waals surface area (Å²) < 4.78 is 5.83. The first-order chi connectivity index (χ1) is 12.8. The minimum Gasteiger partial charge on any atom is -0.492 e. The second-order valence-electron chi connectivity index (χ2n) is 8.69. The van der Waals surface area contributed by atoms with Gasteiger partial charge in [0.15, 0.2) is 0 Å². The van der Waals surface area contributed by atoms with E-state index >= 15 is 0 Å². The Labute approximate surface area is 163 Å². The summed E-state index contributed by atoms with van der Waals surface area (Å²) in [6.07, 6.45) is 3.05. The number of hydrogen-bond donors (Lipinski definition) is 2. The van der Waals surface area contributed by atoms with Crippen LogP contribution in [0.15, 0.2) is 42.5 Å². The van der Waals surface area contributed by atoms with E-state index in [1.165, 1.54) is 29.5 Å². The van der Waals surface area contributed by atoms with Gasteiger partial charge < -0.3 is 15.2 Å². The van der Waals surface area contributed by atoms with Crippen molar-refractivity contribution >= 4 is 0 Å². The molecule has 2 aromatic rings. The molecule has 0 bridgehead atoms. The highest BCUT2D eigenvalue weighted by molar-refractivity contribution is 5.36. The van der Waals surface area contributed by atoms with Crippen LogP contribution in [0.2, 0.25) is 0 Å². The van der Waals surface area contributed by atoms with Gasteiger partial charge in [0.2, 0.25) is 0 Å². The molecule has 27 heavy (non-hydrogen) atoms. The molecule has 1 aliphatic rings. The highest BCUT2D eigenvalue weighted by Crippen LogP contribution is 2.27. The number of aryl methyl sites for hydroxylation is 2. The van der Waals surface area contributed by atoms with E-state index in [2.05, 4.69) is 56.4 Å². The fraction of sp³-hybridized carbons (Fsp3) is 0.500. The molecule has 3 heteroatoms. The number of nitrogens with one attached hydrogen (secondary N) is 1. The second-order valence-corrected chi connectivity index (χ2v) is 8.69. The van der Waals surface area contributed by atoms with Crippen molar-refractivity contribution < 1.29 is 9.84 Å². The molecule has 2 unspecified atom stereocenters. The zero-order chi connectivity index (χ0) is 19.4. The third kappa shape index (κ3) is 5.12. The van der Waals surface area contributed by atoms with E-state index in [-0.39, 0.29) is 11.5 Å². The summed E-state index contributed by atoms with van der Waals surface area (Å²) in [6.45, 7) is 9.93. The van der Waals surface area contributed by atoms with Crippen molar-refractivity contribution in [3.8, 4) is 5.75 Å². The Hall–Kier alpha value is -1.84. The molecule has 0 aromatic heterocycles. The Morgan fingerprint density at radius 3 is 2.44 bits per heavy atom. The fourth-order valence-corrected chi connectivity index (χ4v) is 3.68. The molecule has 2 atom stereocenters. The van der Waals surface area contributed by atoms with Crippen LogP contribution in [0.3, 0.4) is 0 Å². The van der Waals surface area contributed by atoms with E-state index in [0.29, 0.717) is 13.2 Å². The number of aliphatic hydroxyl groups excluding tert-OH is 1. The maximum Gasteiger partial charge on any atom is 0.119 e. The van der Waals surface area contributed by atoms with Gasteiger partial charge >= 0.3 is 0 Å². The zero-order valence-electron chi connectivity index (χ0n) is 17.1. The lowest BCUT2D eigenvalue weighted by atomic mass is 9.87. The highest BCUT2D eigenvalue weighted by atomic mass is 16.5.